The summed E-state index contributed by atoms with van der Waals surface area (Å²) >= 11 is 0. The summed E-state index contributed by atoms with van der Waals surface area (Å²) in [4.78, 5) is 40.9. The number of benzene rings is 2. The number of aryl methyl sites for hydroxylation is 2. The molecule has 7 heteroatoms. The van der Waals surface area contributed by atoms with Gasteiger partial charge in [-0.1, -0.05) is 56.3 Å². The zero-order chi connectivity index (χ0) is 26.2. The van der Waals surface area contributed by atoms with Crippen molar-refractivity contribution >= 4 is 23.6 Å². The van der Waals surface area contributed by atoms with Crippen molar-refractivity contribution in [1.82, 2.24) is 10.2 Å². The molecule has 2 rings (SSSR count). The molecule has 0 aliphatic carbocycles. The molecule has 2 aromatic carbocycles. The van der Waals surface area contributed by atoms with Crippen molar-refractivity contribution in [3.05, 3.63) is 65.2 Å². The van der Waals surface area contributed by atoms with Crippen LogP contribution in [-0.2, 0) is 20.7 Å². The summed E-state index contributed by atoms with van der Waals surface area (Å²) in [6, 6.07) is 14.1. The summed E-state index contributed by atoms with van der Waals surface area (Å²) in [6.45, 7) is 12.8. The van der Waals surface area contributed by atoms with Gasteiger partial charge in [0.25, 0.3) is 5.91 Å². The van der Waals surface area contributed by atoms with E-state index in [-0.39, 0.29) is 24.4 Å². The zero-order valence-electron chi connectivity index (χ0n) is 22.0. The smallest absolute Gasteiger partial charge is 0.408 e. The van der Waals surface area contributed by atoms with E-state index in [1.54, 1.807) is 25.7 Å². The molecule has 0 aromatic heterocycles. The molecule has 190 valence electrons. The normalized spacial score (nSPS) is 12.9. The van der Waals surface area contributed by atoms with Crippen LogP contribution in [0.25, 0.3) is 0 Å². The average molecular weight is 482 g/mol. The Balaban J connectivity index is 2.40. The van der Waals surface area contributed by atoms with Crippen LogP contribution in [0.1, 0.15) is 70.7 Å². The van der Waals surface area contributed by atoms with Crippen molar-refractivity contribution in [2.75, 3.05) is 11.9 Å². The van der Waals surface area contributed by atoms with Crippen molar-refractivity contribution in [1.29, 1.82) is 0 Å². The predicted molar refractivity (Wildman–Crippen MR) is 139 cm³/mol. The first-order valence-corrected chi connectivity index (χ1v) is 12.2. The van der Waals surface area contributed by atoms with Crippen molar-refractivity contribution in [3.8, 4) is 0 Å². The van der Waals surface area contributed by atoms with Crippen LogP contribution < -0.4 is 10.6 Å². The van der Waals surface area contributed by atoms with Gasteiger partial charge in [0.1, 0.15) is 18.2 Å². The molecule has 2 atom stereocenters. The SMILES string of the molecule is CCc1ccc(C(C(=O)Nc2ccccc2C)N(C(=O)CNC(=O)OC(C)(C)C)C(C)CC)cc1. The Morgan fingerprint density at radius 1 is 1.00 bits per heavy atom. The van der Waals surface area contributed by atoms with Gasteiger partial charge in [0.05, 0.1) is 0 Å². The standard InChI is InChI=1S/C28H39N3O4/c1-8-20(4)31(24(32)18-29-27(34)35-28(5,6)7)25(22-16-14-21(9-2)15-17-22)26(33)30-23-13-11-10-12-19(23)3/h10-17,20,25H,8-9,18H2,1-7H3,(H,29,34)(H,30,33). The van der Waals surface area contributed by atoms with Crippen LogP contribution in [0.5, 0.6) is 0 Å². The topological polar surface area (TPSA) is 87.7 Å². The minimum absolute atomic E-state index is 0.249. The number of alkyl carbamates (subject to hydrolysis) is 1. The highest BCUT2D eigenvalue weighted by Crippen LogP contribution is 2.28. The highest BCUT2D eigenvalue weighted by Gasteiger charge is 2.34. The molecule has 0 saturated carbocycles. The summed E-state index contributed by atoms with van der Waals surface area (Å²) in [5, 5.41) is 5.54. The van der Waals surface area contributed by atoms with Gasteiger partial charge in [-0.15, -0.1) is 0 Å². The van der Waals surface area contributed by atoms with Crippen molar-refractivity contribution in [2.45, 2.75) is 79.0 Å². The lowest BCUT2D eigenvalue weighted by Gasteiger charge is -2.36. The first-order chi connectivity index (χ1) is 16.5. The van der Waals surface area contributed by atoms with Crippen molar-refractivity contribution < 1.29 is 19.1 Å². The number of amides is 3. The van der Waals surface area contributed by atoms with Crippen LogP contribution >= 0.6 is 0 Å². The highest BCUT2D eigenvalue weighted by atomic mass is 16.6. The van der Waals surface area contributed by atoms with Crippen LogP contribution in [0.4, 0.5) is 10.5 Å². The van der Waals surface area contributed by atoms with Crippen LogP contribution in [0.15, 0.2) is 48.5 Å². The fourth-order valence-corrected chi connectivity index (χ4v) is 3.68. The number of nitrogens with one attached hydrogen (secondary N) is 2. The third kappa shape index (κ3) is 8.12. The monoisotopic (exact) mass is 481 g/mol. The van der Waals surface area contributed by atoms with Gasteiger partial charge >= 0.3 is 6.09 Å². The summed E-state index contributed by atoms with van der Waals surface area (Å²) in [6.07, 6.45) is 0.830. The first kappa shape index (κ1) is 27.9. The van der Waals surface area contributed by atoms with E-state index in [9.17, 15) is 14.4 Å². The van der Waals surface area contributed by atoms with Crippen molar-refractivity contribution in [2.24, 2.45) is 0 Å². The second kappa shape index (κ2) is 12.4. The first-order valence-electron chi connectivity index (χ1n) is 12.2. The Morgan fingerprint density at radius 2 is 1.63 bits per heavy atom. The molecule has 35 heavy (non-hydrogen) atoms. The molecule has 0 saturated heterocycles. The fourth-order valence-electron chi connectivity index (χ4n) is 3.68. The van der Waals surface area contributed by atoms with E-state index >= 15 is 0 Å². The van der Waals surface area contributed by atoms with Gasteiger partial charge in [-0.25, -0.2) is 4.79 Å². The average Bonchev–Trinajstić information content (AvgIpc) is 2.81. The second-order valence-corrected chi connectivity index (χ2v) is 9.72. The van der Waals surface area contributed by atoms with E-state index in [1.807, 2.05) is 69.3 Å². The summed E-state index contributed by atoms with van der Waals surface area (Å²) in [5.41, 5.74) is 2.78. The molecule has 3 amide bonds. The van der Waals surface area contributed by atoms with Crippen LogP contribution in [-0.4, -0.2) is 41.0 Å². The van der Waals surface area contributed by atoms with Gasteiger partial charge in [0.15, 0.2) is 0 Å². The summed E-state index contributed by atoms with van der Waals surface area (Å²) in [7, 11) is 0. The van der Waals surface area contributed by atoms with Crippen LogP contribution in [0.3, 0.4) is 0 Å². The fraction of sp³-hybridized carbons (Fsp3) is 0.464. The lowest BCUT2D eigenvalue weighted by atomic mass is 9.99. The Kier molecular flexibility index (Phi) is 9.87. The van der Waals surface area contributed by atoms with E-state index in [0.717, 1.165) is 17.5 Å². The molecule has 0 radical (unpaired) electrons. The van der Waals surface area contributed by atoms with Gasteiger partial charge in [-0.05, 0) is 70.2 Å². The number of hydrogen-bond acceptors (Lipinski definition) is 4. The largest absolute Gasteiger partial charge is 0.444 e. The number of hydrogen-bond donors (Lipinski definition) is 2. The Hall–Kier alpha value is -3.35. The van der Waals surface area contributed by atoms with Crippen molar-refractivity contribution in [3.63, 3.8) is 0 Å². The van der Waals surface area contributed by atoms with Crippen LogP contribution in [0.2, 0.25) is 0 Å². The minimum atomic E-state index is -0.872. The van der Waals surface area contributed by atoms with Gasteiger partial charge in [-0.2, -0.15) is 0 Å². The predicted octanol–water partition coefficient (Wildman–Crippen LogP) is 5.39. The maximum Gasteiger partial charge on any atom is 0.408 e. The van der Waals surface area contributed by atoms with Gasteiger partial charge in [0.2, 0.25) is 5.91 Å². The molecular formula is C28H39N3O4. The molecule has 0 fully saturated rings. The molecular weight excluding hydrogens is 442 g/mol. The second-order valence-electron chi connectivity index (χ2n) is 9.72. The molecule has 0 spiro atoms. The maximum absolute atomic E-state index is 13.7. The Morgan fingerprint density at radius 3 is 2.17 bits per heavy atom. The lowest BCUT2D eigenvalue weighted by molar-refractivity contribution is -0.140. The Labute approximate surface area is 209 Å². The molecule has 0 heterocycles. The van der Waals surface area contributed by atoms with E-state index in [0.29, 0.717) is 17.7 Å². The van der Waals surface area contributed by atoms with Gasteiger partial charge < -0.3 is 20.3 Å². The number of carbonyl (C=O) groups is 3. The van der Waals surface area contributed by atoms with E-state index in [1.165, 1.54) is 0 Å². The third-order valence-corrected chi connectivity index (χ3v) is 5.77. The third-order valence-electron chi connectivity index (χ3n) is 5.77. The number of carbonyl (C=O) groups excluding carboxylic acids is 3. The van der Waals surface area contributed by atoms with Gasteiger partial charge in [0, 0.05) is 11.7 Å². The molecule has 0 bridgehead atoms. The molecule has 2 unspecified atom stereocenters. The molecule has 2 N–H and O–H groups in total. The molecule has 7 nitrogen and oxygen atoms in total. The van der Waals surface area contributed by atoms with Gasteiger partial charge in [-0.3, -0.25) is 9.59 Å². The number of nitrogens with zero attached hydrogens (tertiary/aromatic N) is 1. The van der Waals surface area contributed by atoms with E-state index in [2.05, 4.69) is 17.6 Å². The molecule has 0 aliphatic heterocycles. The van der Waals surface area contributed by atoms with Crippen LogP contribution in [0, 0.1) is 6.92 Å². The lowest BCUT2D eigenvalue weighted by Crippen LogP contribution is -2.50. The Bertz CT molecular complexity index is 1010. The number of rotatable bonds is 9. The molecule has 2 aromatic rings. The number of para-hydroxylation sites is 1. The minimum Gasteiger partial charge on any atom is -0.444 e. The maximum atomic E-state index is 13.7. The van der Waals surface area contributed by atoms with E-state index < -0.39 is 17.7 Å². The zero-order valence-corrected chi connectivity index (χ0v) is 22.0. The van der Waals surface area contributed by atoms with E-state index in [4.69, 9.17) is 4.74 Å². The number of ether oxygens (including phenoxy) is 1. The highest BCUT2D eigenvalue weighted by molar-refractivity contribution is 5.99. The number of anilines is 1. The quantitative estimate of drug-likeness (QED) is 0.503. The summed E-state index contributed by atoms with van der Waals surface area (Å²) < 4.78 is 5.26. The summed E-state index contributed by atoms with van der Waals surface area (Å²) in [5.74, 6) is -0.677. The molecule has 0 aliphatic rings.